The maximum Gasteiger partial charge on any atom is 0.281 e. The Balaban J connectivity index is 1.35. The van der Waals surface area contributed by atoms with Crippen molar-refractivity contribution in [1.29, 1.82) is 0 Å². The van der Waals surface area contributed by atoms with Crippen LogP contribution in [0, 0.1) is 5.82 Å². The van der Waals surface area contributed by atoms with Crippen LogP contribution in [0.25, 0.3) is 39.9 Å². The molecular formula is C26H22FN7O. The van der Waals surface area contributed by atoms with E-state index in [1.165, 1.54) is 29.2 Å². The van der Waals surface area contributed by atoms with Gasteiger partial charge in [-0.05, 0) is 55.8 Å². The minimum absolute atomic E-state index is 0.204. The third-order valence-electron chi connectivity index (χ3n) is 6.15. The van der Waals surface area contributed by atoms with Gasteiger partial charge in [-0.25, -0.2) is 9.07 Å². The molecule has 6 rings (SSSR count). The van der Waals surface area contributed by atoms with Crippen LogP contribution in [0.3, 0.4) is 0 Å². The molecule has 5 aromatic rings. The number of rotatable bonds is 6. The van der Waals surface area contributed by atoms with Gasteiger partial charge in [-0.2, -0.15) is 4.98 Å². The molecule has 2 aromatic carbocycles. The van der Waals surface area contributed by atoms with Crippen LogP contribution < -0.4 is 0 Å². The molecule has 0 N–H and O–H groups in total. The number of halogens is 1. The lowest BCUT2D eigenvalue weighted by Crippen LogP contribution is -2.18. The van der Waals surface area contributed by atoms with Gasteiger partial charge < -0.3 is 4.52 Å². The second kappa shape index (κ2) is 9.19. The normalized spacial score (nSPS) is 14.0. The van der Waals surface area contributed by atoms with Gasteiger partial charge in [0.15, 0.2) is 5.69 Å². The van der Waals surface area contributed by atoms with E-state index in [1.54, 1.807) is 42.7 Å². The number of nitrogens with zero attached hydrogens (tertiary/aromatic N) is 7. The summed E-state index contributed by atoms with van der Waals surface area (Å²) in [5.41, 5.74) is 4.02. The van der Waals surface area contributed by atoms with Crippen LogP contribution >= 0.6 is 0 Å². The second-order valence-corrected chi connectivity index (χ2v) is 8.49. The van der Waals surface area contributed by atoms with Crippen molar-refractivity contribution in [3.05, 3.63) is 84.4 Å². The van der Waals surface area contributed by atoms with E-state index in [2.05, 4.69) is 42.5 Å². The average Bonchev–Trinajstić information content (AvgIpc) is 3.66. The molecule has 0 aliphatic carbocycles. The summed E-state index contributed by atoms with van der Waals surface area (Å²) in [5.74, 6) is 0.240. The lowest BCUT2D eigenvalue weighted by atomic mass is 10.1. The zero-order valence-electron chi connectivity index (χ0n) is 18.9. The topological polar surface area (TPSA) is 85.8 Å². The fraction of sp³-hybridized carbons (Fsp3) is 0.192. The molecule has 1 saturated heterocycles. The van der Waals surface area contributed by atoms with E-state index in [4.69, 9.17) is 4.52 Å². The Morgan fingerprint density at radius 2 is 1.66 bits per heavy atom. The molecule has 0 saturated carbocycles. The number of benzene rings is 2. The van der Waals surface area contributed by atoms with E-state index in [1.807, 2.05) is 12.1 Å². The van der Waals surface area contributed by atoms with Crippen LogP contribution in [0.15, 0.2) is 77.6 Å². The molecule has 1 aliphatic heterocycles. The molecule has 0 spiro atoms. The van der Waals surface area contributed by atoms with Crippen LogP contribution in [-0.2, 0) is 6.54 Å². The molecule has 4 heterocycles. The lowest BCUT2D eigenvalue weighted by molar-refractivity contribution is 0.331. The molecule has 35 heavy (non-hydrogen) atoms. The van der Waals surface area contributed by atoms with E-state index in [-0.39, 0.29) is 11.6 Å². The van der Waals surface area contributed by atoms with E-state index < -0.39 is 5.82 Å². The number of hydrogen-bond acceptors (Lipinski definition) is 7. The lowest BCUT2D eigenvalue weighted by Gasteiger charge is -2.14. The van der Waals surface area contributed by atoms with Gasteiger partial charge in [0, 0.05) is 30.1 Å². The van der Waals surface area contributed by atoms with Gasteiger partial charge in [0.25, 0.3) is 5.89 Å². The Bertz CT molecular complexity index is 1440. The highest BCUT2D eigenvalue weighted by atomic mass is 19.1. The quantitative estimate of drug-likeness (QED) is 0.355. The van der Waals surface area contributed by atoms with Gasteiger partial charge in [-0.1, -0.05) is 46.8 Å². The third-order valence-corrected chi connectivity index (χ3v) is 6.15. The molecule has 0 amide bonds. The molecule has 0 bridgehead atoms. The Morgan fingerprint density at radius 3 is 2.43 bits per heavy atom. The highest BCUT2D eigenvalue weighted by Gasteiger charge is 2.24. The summed E-state index contributed by atoms with van der Waals surface area (Å²) in [6.45, 7) is 3.26. The molecule has 9 heteroatoms. The predicted octanol–water partition coefficient (Wildman–Crippen LogP) is 4.78. The average molecular weight is 468 g/mol. The largest absolute Gasteiger partial charge is 0.332 e. The first kappa shape index (κ1) is 21.3. The number of aromatic nitrogens is 6. The van der Waals surface area contributed by atoms with Gasteiger partial charge >= 0.3 is 0 Å². The van der Waals surface area contributed by atoms with Gasteiger partial charge in [-0.15, -0.1) is 5.10 Å². The molecule has 174 valence electrons. The maximum atomic E-state index is 14.6. The van der Waals surface area contributed by atoms with Crippen molar-refractivity contribution in [1.82, 2.24) is 35.0 Å². The second-order valence-electron chi connectivity index (χ2n) is 8.49. The predicted molar refractivity (Wildman–Crippen MR) is 128 cm³/mol. The fourth-order valence-corrected chi connectivity index (χ4v) is 4.38. The van der Waals surface area contributed by atoms with Crippen molar-refractivity contribution in [2.24, 2.45) is 0 Å². The van der Waals surface area contributed by atoms with E-state index in [0.717, 1.165) is 30.8 Å². The van der Waals surface area contributed by atoms with Crippen LogP contribution in [-0.4, -0.2) is 48.1 Å². The van der Waals surface area contributed by atoms with E-state index in [0.29, 0.717) is 17.2 Å². The molecule has 1 aliphatic rings. The monoisotopic (exact) mass is 467 g/mol. The van der Waals surface area contributed by atoms with Gasteiger partial charge in [0.05, 0.1) is 0 Å². The summed E-state index contributed by atoms with van der Waals surface area (Å²) >= 11 is 0. The molecule has 1 fully saturated rings. The summed E-state index contributed by atoms with van der Waals surface area (Å²) < 4.78 is 21.6. The number of pyridine rings is 1. The Hall–Kier alpha value is -4.24. The highest BCUT2D eigenvalue weighted by Crippen LogP contribution is 2.32. The summed E-state index contributed by atoms with van der Waals surface area (Å²) in [4.78, 5) is 11.1. The molecule has 3 aromatic heterocycles. The summed E-state index contributed by atoms with van der Waals surface area (Å²) in [6, 6.07) is 18.2. The Morgan fingerprint density at radius 1 is 0.886 bits per heavy atom. The number of likely N-dealkylation sites (tertiary alicyclic amines) is 1. The van der Waals surface area contributed by atoms with E-state index >= 15 is 0 Å². The standard InChI is InChI=1S/C26H22FN7O/c27-21-5-1-2-6-22(21)34-24(19-11-13-28-14-12-19)23(30-32-34)26-29-25(31-35-26)20-9-7-18(8-10-20)17-33-15-3-4-16-33/h1-2,5-14H,3-4,15-17H2. The molecular weight excluding hydrogens is 445 g/mol. The smallest absolute Gasteiger partial charge is 0.281 e. The number of hydrogen-bond donors (Lipinski definition) is 0. The SMILES string of the molecule is Fc1ccccc1-n1nnc(-c2nc(-c3ccc(CN4CCCC4)cc3)no2)c1-c1ccncc1. The minimum atomic E-state index is -0.417. The highest BCUT2D eigenvalue weighted by molar-refractivity contribution is 5.76. The van der Waals surface area contributed by atoms with Crippen molar-refractivity contribution in [2.75, 3.05) is 13.1 Å². The summed E-state index contributed by atoms with van der Waals surface area (Å²) in [7, 11) is 0. The number of para-hydroxylation sites is 1. The molecule has 0 radical (unpaired) electrons. The van der Waals surface area contributed by atoms with Gasteiger partial charge in [0.1, 0.15) is 17.2 Å². The van der Waals surface area contributed by atoms with E-state index in [9.17, 15) is 4.39 Å². The molecule has 8 nitrogen and oxygen atoms in total. The van der Waals surface area contributed by atoms with Crippen molar-refractivity contribution >= 4 is 0 Å². The Labute approximate surface area is 201 Å². The van der Waals surface area contributed by atoms with Crippen molar-refractivity contribution in [2.45, 2.75) is 19.4 Å². The third kappa shape index (κ3) is 4.22. The first-order chi connectivity index (χ1) is 17.3. The van der Waals surface area contributed by atoms with Gasteiger partial charge in [-0.3, -0.25) is 9.88 Å². The van der Waals surface area contributed by atoms with Crippen LogP contribution in [0.2, 0.25) is 0 Å². The maximum absolute atomic E-state index is 14.6. The van der Waals surface area contributed by atoms with Crippen LogP contribution in [0.1, 0.15) is 18.4 Å². The first-order valence-electron chi connectivity index (χ1n) is 11.5. The summed E-state index contributed by atoms with van der Waals surface area (Å²) in [6.07, 6.45) is 5.85. The van der Waals surface area contributed by atoms with Crippen LogP contribution in [0.5, 0.6) is 0 Å². The zero-order valence-corrected chi connectivity index (χ0v) is 18.9. The van der Waals surface area contributed by atoms with Crippen molar-refractivity contribution in [3.8, 4) is 39.9 Å². The van der Waals surface area contributed by atoms with Crippen LogP contribution in [0.4, 0.5) is 4.39 Å². The van der Waals surface area contributed by atoms with Gasteiger partial charge in [0.2, 0.25) is 5.82 Å². The Kier molecular flexibility index (Phi) is 5.59. The van der Waals surface area contributed by atoms with Crippen molar-refractivity contribution in [3.63, 3.8) is 0 Å². The zero-order chi connectivity index (χ0) is 23.6. The summed E-state index contributed by atoms with van der Waals surface area (Å²) in [5, 5.41) is 12.7. The molecule has 0 atom stereocenters. The fourth-order valence-electron chi connectivity index (χ4n) is 4.38. The van der Waals surface area contributed by atoms with Crippen molar-refractivity contribution < 1.29 is 8.91 Å². The minimum Gasteiger partial charge on any atom is -0.332 e. The molecule has 0 unspecified atom stereocenters. The first-order valence-corrected chi connectivity index (χ1v) is 11.5.